The summed E-state index contributed by atoms with van der Waals surface area (Å²) in [5.41, 5.74) is 5.17. The average Bonchev–Trinajstić information content (AvgIpc) is 2.75. The van der Waals surface area contributed by atoms with Gasteiger partial charge in [0.2, 0.25) is 0 Å². The quantitative estimate of drug-likeness (QED) is 0.788. The smallest absolute Gasteiger partial charge is 0.0568 e. The molecular weight excluding hydrogens is 198 g/mol. The Morgan fingerprint density at radius 1 is 1.38 bits per heavy atom. The third-order valence-electron chi connectivity index (χ3n) is 3.09. The fraction of sp³-hybridized carbons (Fsp3) is 0.308. The average molecular weight is 213 g/mol. The van der Waals surface area contributed by atoms with E-state index in [0.717, 1.165) is 6.54 Å². The fourth-order valence-corrected chi connectivity index (χ4v) is 2.31. The van der Waals surface area contributed by atoms with Gasteiger partial charge >= 0.3 is 0 Å². The normalized spacial score (nSPS) is 14.3. The fourth-order valence-electron chi connectivity index (χ4n) is 2.31. The third kappa shape index (κ3) is 1.48. The monoisotopic (exact) mass is 213 g/mol. The Balaban J connectivity index is 2.13. The molecule has 2 aromatic rings. The maximum absolute atomic E-state index is 4.23. The van der Waals surface area contributed by atoms with Crippen LogP contribution in [0.25, 0.3) is 11.1 Å². The van der Waals surface area contributed by atoms with Crippen LogP contribution in [0.1, 0.15) is 12.0 Å². The molecule has 1 aliphatic heterocycles. The van der Waals surface area contributed by atoms with Crippen LogP contribution in [0.4, 0.5) is 5.69 Å². The second kappa shape index (κ2) is 3.67. The van der Waals surface area contributed by atoms with E-state index >= 15 is 0 Å². The van der Waals surface area contributed by atoms with Crippen molar-refractivity contribution in [3.05, 3.63) is 36.2 Å². The second-order valence-corrected chi connectivity index (χ2v) is 4.27. The summed E-state index contributed by atoms with van der Waals surface area (Å²) in [7, 11) is 1.95. The van der Waals surface area contributed by atoms with Crippen molar-refractivity contribution in [2.45, 2.75) is 12.8 Å². The van der Waals surface area contributed by atoms with Crippen LogP contribution < -0.4 is 5.32 Å². The van der Waals surface area contributed by atoms with E-state index in [1.165, 1.54) is 35.2 Å². The van der Waals surface area contributed by atoms with E-state index in [1.807, 2.05) is 17.9 Å². The van der Waals surface area contributed by atoms with E-state index in [1.54, 1.807) is 0 Å². The van der Waals surface area contributed by atoms with E-state index in [0.29, 0.717) is 0 Å². The van der Waals surface area contributed by atoms with Crippen molar-refractivity contribution in [3.8, 4) is 11.1 Å². The zero-order chi connectivity index (χ0) is 11.0. The number of rotatable bonds is 1. The van der Waals surface area contributed by atoms with Gasteiger partial charge in [0.25, 0.3) is 0 Å². The molecule has 1 aromatic heterocycles. The number of aromatic nitrogens is 2. The molecule has 16 heavy (non-hydrogen) atoms. The highest BCUT2D eigenvalue weighted by Crippen LogP contribution is 2.33. The van der Waals surface area contributed by atoms with Crippen molar-refractivity contribution in [2.75, 3.05) is 11.9 Å². The van der Waals surface area contributed by atoms with Gasteiger partial charge in [-0.2, -0.15) is 5.10 Å². The first-order valence-corrected chi connectivity index (χ1v) is 5.69. The van der Waals surface area contributed by atoms with Gasteiger partial charge in [0.1, 0.15) is 0 Å². The molecule has 1 aromatic carbocycles. The summed E-state index contributed by atoms with van der Waals surface area (Å²) < 4.78 is 1.84. The molecule has 0 unspecified atom stereocenters. The summed E-state index contributed by atoms with van der Waals surface area (Å²) in [6.07, 6.45) is 6.39. The van der Waals surface area contributed by atoms with Gasteiger partial charge in [-0.15, -0.1) is 0 Å². The predicted molar refractivity (Wildman–Crippen MR) is 65.5 cm³/mol. The summed E-state index contributed by atoms with van der Waals surface area (Å²) in [5, 5.41) is 7.73. The molecular formula is C13H15N3. The Kier molecular flexibility index (Phi) is 2.17. The number of nitrogens with one attached hydrogen (secondary N) is 1. The number of aryl methyl sites for hydroxylation is 2. The van der Waals surface area contributed by atoms with Crippen LogP contribution in [0.3, 0.4) is 0 Å². The number of anilines is 1. The van der Waals surface area contributed by atoms with E-state index < -0.39 is 0 Å². The predicted octanol–water partition coefficient (Wildman–Crippen LogP) is 2.45. The molecule has 0 saturated heterocycles. The molecule has 0 bridgehead atoms. The lowest BCUT2D eigenvalue weighted by atomic mass is 9.97. The summed E-state index contributed by atoms with van der Waals surface area (Å²) in [6.45, 7) is 1.07. The van der Waals surface area contributed by atoms with Gasteiger partial charge in [-0.3, -0.25) is 4.68 Å². The van der Waals surface area contributed by atoms with Gasteiger partial charge in [-0.05, 0) is 18.4 Å². The van der Waals surface area contributed by atoms with Gasteiger partial charge in [-0.1, -0.05) is 18.2 Å². The molecule has 0 fully saturated rings. The largest absolute Gasteiger partial charge is 0.384 e. The number of benzene rings is 1. The SMILES string of the molecule is Cn1cc(-c2cccc3c2NCCC3)cn1. The van der Waals surface area contributed by atoms with Crippen molar-refractivity contribution < 1.29 is 0 Å². The van der Waals surface area contributed by atoms with Crippen molar-refractivity contribution >= 4 is 5.69 Å². The van der Waals surface area contributed by atoms with Crippen LogP contribution in [-0.4, -0.2) is 16.3 Å². The molecule has 0 radical (unpaired) electrons. The summed E-state index contributed by atoms with van der Waals surface area (Å²) in [4.78, 5) is 0. The maximum Gasteiger partial charge on any atom is 0.0568 e. The first-order chi connectivity index (χ1) is 7.84. The van der Waals surface area contributed by atoms with Crippen LogP contribution in [0, 0.1) is 0 Å². The number of hydrogen-bond donors (Lipinski definition) is 1. The molecule has 2 heterocycles. The zero-order valence-corrected chi connectivity index (χ0v) is 9.40. The summed E-state index contributed by atoms with van der Waals surface area (Å²) in [5.74, 6) is 0. The first kappa shape index (κ1) is 9.46. The van der Waals surface area contributed by atoms with Gasteiger partial charge in [0.05, 0.1) is 6.20 Å². The minimum absolute atomic E-state index is 1.07. The molecule has 1 aliphatic rings. The first-order valence-electron chi connectivity index (χ1n) is 5.69. The Morgan fingerprint density at radius 2 is 2.31 bits per heavy atom. The molecule has 82 valence electrons. The van der Waals surface area contributed by atoms with Crippen LogP contribution >= 0.6 is 0 Å². The third-order valence-corrected chi connectivity index (χ3v) is 3.09. The number of nitrogens with zero attached hydrogens (tertiary/aromatic N) is 2. The molecule has 0 spiro atoms. The second-order valence-electron chi connectivity index (χ2n) is 4.27. The molecule has 0 atom stereocenters. The van der Waals surface area contributed by atoms with E-state index in [9.17, 15) is 0 Å². The molecule has 0 saturated carbocycles. The van der Waals surface area contributed by atoms with Crippen LogP contribution in [0.2, 0.25) is 0 Å². The number of para-hydroxylation sites is 1. The minimum atomic E-state index is 1.07. The zero-order valence-electron chi connectivity index (χ0n) is 9.40. The summed E-state index contributed by atoms with van der Waals surface area (Å²) >= 11 is 0. The van der Waals surface area contributed by atoms with Crippen molar-refractivity contribution in [1.82, 2.24) is 9.78 Å². The topological polar surface area (TPSA) is 29.9 Å². The Bertz CT molecular complexity index is 514. The Morgan fingerprint density at radius 3 is 3.12 bits per heavy atom. The van der Waals surface area contributed by atoms with Gasteiger partial charge < -0.3 is 5.32 Å². The molecule has 3 rings (SSSR count). The van der Waals surface area contributed by atoms with Crippen LogP contribution in [0.5, 0.6) is 0 Å². The van der Waals surface area contributed by atoms with Crippen molar-refractivity contribution in [3.63, 3.8) is 0 Å². The van der Waals surface area contributed by atoms with Crippen molar-refractivity contribution in [1.29, 1.82) is 0 Å². The van der Waals surface area contributed by atoms with Crippen LogP contribution in [0.15, 0.2) is 30.6 Å². The van der Waals surface area contributed by atoms with Gasteiger partial charge in [-0.25, -0.2) is 0 Å². The van der Waals surface area contributed by atoms with E-state index in [-0.39, 0.29) is 0 Å². The lowest BCUT2D eigenvalue weighted by Gasteiger charge is -2.20. The minimum Gasteiger partial charge on any atom is -0.384 e. The summed E-state index contributed by atoms with van der Waals surface area (Å²) in [6, 6.07) is 6.50. The van der Waals surface area contributed by atoms with E-state index in [2.05, 4.69) is 34.8 Å². The highest BCUT2D eigenvalue weighted by molar-refractivity contribution is 5.80. The highest BCUT2D eigenvalue weighted by atomic mass is 15.2. The molecule has 1 N–H and O–H groups in total. The lowest BCUT2D eigenvalue weighted by molar-refractivity contribution is 0.768. The highest BCUT2D eigenvalue weighted by Gasteiger charge is 2.13. The standard InChI is InChI=1S/C13H15N3/c1-16-9-11(8-15-16)12-6-2-4-10-5-3-7-14-13(10)12/h2,4,6,8-9,14H,3,5,7H2,1H3. The van der Waals surface area contributed by atoms with E-state index in [4.69, 9.17) is 0 Å². The number of fused-ring (bicyclic) bond motifs is 1. The lowest BCUT2D eigenvalue weighted by Crippen LogP contribution is -2.12. The molecule has 0 amide bonds. The maximum atomic E-state index is 4.23. The Labute approximate surface area is 95.1 Å². The van der Waals surface area contributed by atoms with Gasteiger partial charge in [0.15, 0.2) is 0 Å². The Hall–Kier alpha value is -1.77. The number of hydrogen-bond acceptors (Lipinski definition) is 2. The van der Waals surface area contributed by atoms with Crippen molar-refractivity contribution in [2.24, 2.45) is 7.05 Å². The van der Waals surface area contributed by atoms with Gasteiger partial charge in [0, 0.05) is 36.6 Å². The molecule has 0 aliphatic carbocycles. The molecule has 3 heteroatoms. The molecule has 3 nitrogen and oxygen atoms in total. The van der Waals surface area contributed by atoms with Crippen LogP contribution in [-0.2, 0) is 13.5 Å².